The van der Waals surface area contributed by atoms with Crippen LogP contribution in [0.25, 0.3) is 0 Å². The molecular weight excluding hydrogens is 383 g/mol. The molecule has 0 saturated carbocycles. The second-order valence-electron chi connectivity index (χ2n) is 5.38. The Labute approximate surface area is 157 Å². The van der Waals surface area contributed by atoms with Crippen LogP contribution in [-0.4, -0.2) is 35.3 Å². The van der Waals surface area contributed by atoms with Gasteiger partial charge in [-0.3, -0.25) is 19.2 Å². The number of halogens is 2. The number of carboxylic acids is 1. The molecule has 0 aliphatic carbocycles. The predicted octanol–water partition coefficient (Wildman–Crippen LogP) is 2.61. The fourth-order valence-electron chi connectivity index (χ4n) is 2.49. The number of fused-ring (bicyclic) bond motifs is 1. The molecule has 3 amide bonds. The minimum absolute atomic E-state index is 0.146. The van der Waals surface area contributed by atoms with Crippen LogP contribution in [0.3, 0.4) is 0 Å². The summed E-state index contributed by atoms with van der Waals surface area (Å²) in [7, 11) is 0. The monoisotopic (exact) mass is 392 g/mol. The molecule has 1 aliphatic heterocycles. The SMILES string of the molecule is O=C(O)CNC(=O)c1ccc(N2C(=O)c3cc(Cl)c(Cl)cc3C2=O)cc1. The van der Waals surface area contributed by atoms with Crippen LogP contribution in [0.2, 0.25) is 10.0 Å². The number of anilines is 1. The number of hydrogen-bond donors (Lipinski definition) is 2. The van der Waals surface area contributed by atoms with E-state index >= 15 is 0 Å². The van der Waals surface area contributed by atoms with Crippen molar-refractivity contribution in [3.8, 4) is 0 Å². The first-order valence-corrected chi connectivity index (χ1v) is 8.03. The zero-order chi connectivity index (χ0) is 19.0. The molecule has 132 valence electrons. The lowest BCUT2D eigenvalue weighted by atomic mass is 10.1. The standard InChI is InChI=1S/C17H10Cl2N2O5/c18-12-5-10-11(6-13(12)19)17(26)21(16(10)25)9-3-1-8(2-4-9)15(24)20-7-14(22)23/h1-6H,7H2,(H,20,24)(H,22,23). The van der Waals surface area contributed by atoms with Crippen LogP contribution in [0.1, 0.15) is 31.1 Å². The van der Waals surface area contributed by atoms with Gasteiger partial charge in [0, 0.05) is 5.56 Å². The van der Waals surface area contributed by atoms with E-state index in [0.717, 1.165) is 4.90 Å². The lowest BCUT2D eigenvalue weighted by Gasteiger charge is -2.14. The van der Waals surface area contributed by atoms with Gasteiger partial charge in [-0.2, -0.15) is 0 Å². The second kappa shape index (κ2) is 6.78. The van der Waals surface area contributed by atoms with Crippen LogP contribution in [0.5, 0.6) is 0 Å². The Morgan fingerprint density at radius 3 is 1.92 bits per heavy atom. The van der Waals surface area contributed by atoms with Crippen molar-refractivity contribution in [2.24, 2.45) is 0 Å². The van der Waals surface area contributed by atoms with Gasteiger partial charge < -0.3 is 10.4 Å². The smallest absolute Gasteiger partial charge is 0.322 e. The first-order chi connectivity index (χ1) is 12.3. The predicted molar refractivity (Wildman–Crippen MR) is 94.0 cm³/mol. The molecule has 0 fully saturated rings. The van der Waals surface area contributed by atoms with E-state index in [1.54, 1.807) is 0 Å². The third-order valence-corrected chi connectivity index (χ3v) is 4.44. The van der Waals surface area contributed by atoms with Crippen LogP contribution in [-0.2, 0) is 4.79 Å². The van der Waals surface area contributed by atoms with Crippen LogP contribution in [0, 0.1) is 0 Å². The van der Waals surface area contributed by atoms with Gasteiger partial charge in [-0.25, -0.2) is 4.90 Å². The highest BCUT2D eigenvalue weighted by Gasteiger charge is 2.37. The van der Waals surface area contributed by atoms with Crippen LogP contribution in [0.15, 0.2) is 36.4 Å². The molecule has 9 heteroatoms. The molecule has 0 unspecified atom stereocenters. The van der Waals surface area contributed by atoms with Gasteiger partial charge in [0.1, 0.15) is 6.54 Å². The summed E-state index contributed by atoms with van der Waals surface area (Å²) in [5, 5.41) is 11.1. The van der Waals surface area contributed by atoms with Gasteiger partial charge in [-0.15, -0.1) is 0 Å². The molecule has 0 radical (unpaired) electrons. The van der Waals surface area contributed by atoms with Crippen molar-refractivity contribution in [3.05, 3.63) is 63.1 Å². The van der Waals surface area contributed by atoms with Crippen molar-refractivity contribution in [1.29, 1.82) is 0 Å². The summed E-state index contributed by atoms with van der Waals surface area (Å²) in [6.07, 6.45) is 0. The number of carbonyl (C=O) groups excluding carboxylic acids is 3. The molecule has 0 saturated heterocycles. The fraction of sp³-hybridized carbons (Fsp3) is 0.0588. The molecule has 1 heterocycles. The second-order valence-corrected chi connectivity index (χ2v) is 6.20. The van der Waals surface area contributed by atoms with E-state index in [0.29, 0.717) is 0 Å². The Morgan fingerprint density at radius 1 is 0.962 bits per heavy atom. The average molecular weight is 393 g/mol. The molecule has 0 aromatic heterocycles. The van der Waals surface area contributed by atoms with Gasteiger partial charge in [0.25, 0.3) is 17.7 Å². The molecule has 2 aromatic carbocycles. The van der Waals surface area contributed by atoms with Crippen molar-refractivity contribution in [2.45, 2.75) is 0 Å². The van der Waals surface area contributed by atoms with Crippen LogP contribution >= 0.6 is 23.2 Å². The number of nitrogens with zero attached hydrogens (tertiary/aromatic N) is 1. The minimum atomic E-state index is -1.17. The van der Waals surface area contributed by atoms with Crippen molar-refractivity contribution in [3.63, 3.8) is 0 Å². The van der Waals surface area contributed by atoms with E-state index in [1.165, 1.54) is 36.4 Å². The number of hydrogen-bond acceptors (Lipinski definition) is 4. The third-order valence-electron chi connectivity index (χ3n) is 3.72. The number of carbonyl (C=O) groups is 4. The third kappa shape index (κ3) is 3.14. The molecule has 7 nitrogen and oxygen atoms in total. The Bertz CT molecular complexity index is 915. The van der Waals surface area contributed by atoms with Crippen molar-refractivity contribution in [2.75, 3.05) is 11.4 Å². The van der Waals surface area contributed by atoms with Crippen molar-refractivity contribution in [1.82, 2.24) is 5.32 Å². The maximum atomic E-state index is 12.5. The van der Waals surface area contributed by atoms with Crippen molar-refractivity contribution >= 4 is 52.6 Å². The highest BCUT2D eigenvalue weighted by molar-refractivity contribution is 6.44. The number of benzene rings is 2. The number of aliphatic carboxylic acids is 1. The highest BCUT2D eigenvalue weighted by atomic mass is 35.5. The first-order valence-electron chi connectivity index (χ1n) is 7.27. The molecule has 3 rings (SSSR count). The summed E-state index contributed by atoms with van der Waals surface area (Å²) < 4.78 is 0. The number of rotatable bonds is 4. The van der Waals surface area contributed by atoms with E-state index in [9.17, 15) is 19.2 Å². The summed E-state index contributed by atoms with van der Waals surface area (Å²) in [5.74, 6) is -2.85. The fourth-order valence-corrected chi connectivity index (χ4v) is 2.82. The van der Waals surface area contributed by atoms with Gasteiger partial charge in [0.2, 0.25) is 0 Å². The average Bonchev–Trinajstić information content (AvgIpc) is 2.84. The quantitative estimate of drug-likeness (QED) is 0.778. The molecule has 26 heavy (non-hydrogen) atoms. The zero-order valence-corrected chi connectivity index (χ0v) is 14.5. The summed E-state index contributed by atoms with van der Waals surface area (Å²) in [5.41, 5.74) is 0.747. The zero-order valence-electron chi connectivity index (χ0n) is 13.0. The summed E-state index contributed by atoms with van der Waals surface area (Å²) >= 11 is 11.8. The minimum Gasteiger partial charge on any atom is -0.480 e. The topological polar surface area (TPSA) is 104 Å². The Morgan fingerprint density at radius 2 is 1.46 bits per heavy atom. The van der Waals surface area contributed by atoms with Crippen molar-refractivity contribution < 1.29 is 24.3 Å². The molecule has 2 N–H and O–H groups in total. The van der Waals surface area contributed by atoms with Gasteiger partial charge in [-0.1, -0.05) is 23.2 Å². The lowest BCUT2D eigenvalue weighted by molar-refractivity contribution is -0.135. The maximum absolute atomic E-state index is 12.5. The van der Waals surface area contributed by atoms with E-state index in [4.69, 9.17) is 28.3 Å². The van der Waals surface area contributed by atoms with Gasteiger partial charge in [-0.05, 0) is 36.4 Å². The molecular formula is C17H10Cl2N2O5. The summed E-state index contributed by atoms with van der Waals surface area (Å²) in [4.78, 5) is 48.3. The Hall–Kier alpha value is -2.90. The summed E-state index contributed by atoms with van der Waals surface area (Å²) in [6.45, 7) is -0.513. The number of nitrogens with one attached hydrogen (secondary N) is 1. The van der Waals surface area contributed by atoms with Gasteiger partial charge in [0.15, 0.2) is 0 Å². The number of carboxylic acid groups (broad SMARTS) is 1. The molecule has 2 aromatic rings. The largest absolute Gasteiger partial charge is 0.480 e. The molecule has 1 aliphatic rings. The van der Waals surface area contributed by atoms with E-state index in [-0.39, 0.29) is 32.4 Å². The first kappa shape index (κ1) is 17.9. The normalized spacial score (nSPS) is 12.9. The van der Waals surface area contributed by atoms with Gasteiger partial charge in [0.05, 0.1) is 26.9 Å². The number of amides is 3. The van der Waals surface area contributed by atoms with Gasteiger partial charge >= 0.3 is 5.97 Å². The molecule has 0 spiro atoms. The van der Waals surface area contributed by atoms with E-state index < -0.39 is 30.2 Å². The lowest BCUT2D eigenvalue weighted by Crippen LogP contribution is -2.30. The Balaban J connectivity index is 1.86. The molecule has 0 bridgehead atoms. The maximum Gasteiger partial charge on any atom is 0.322 e. The number of imide groups is 1. The van der Waals surface area contributed by atoms with Crippen LogP contribution < -0.4 is 10.2 Å². The highest BCUT2D eigenvalue weighted by Crippen LogP contribution is 2.33. The molecule has 0 atom stereocenters. The van der Waals surface area contributed by atoms with Crippen LogP contribution in [0.4, 0.5) is 5.69 Å². The van der Waals surface area contributed by atoms with E-state index in [1.807, 2.05) is 0 Å². The Kier molecular flexibility index (Phi) is 4.67. The van der Waals surface area contributed by atoms with E-state index in [2.05, 4.69) is 5.32 Å². The summed E-state index contributed by atoms with van der Waals surface area (Å²) in [6, 6.07) is 8.29.